The number of rotatable bonds is 7. The zero-order chi connectivity index (χ0) is 19.1. The molecule has 3 aromatic carbocycles. The molecule has 27 heavy (non-hydrogen) atoms. The number of hydrogen-bond donors (Lipinski definition) is 0. The number of halogens is 1. The summed E-state index contributed by atoms with van der Waals surface area (Å²) in [4.78, 5) is 14.6. The molecule has 3 rings (SSSR count). The second-order valence-corrected chi connectivity index (χ2v) is 6.59. The summed E-state index contributed by atoms with van der Waals surface area (Å²) in [7, 11) is 0. The van der Waals surface area contributed by atoms with Crippen molar-refractivity contribution in [1.29, 1.82) is 0 Å². The van der Waals surface area contributed by atoms with Crippen LogP contribution in [0.15, 0.2) is 78.9 Å². The molecule has 0 aliphatic carbocycles. The molecule has 0 aliphatic heterocycles. The first kappa shape index (κ1) is 18.8. The van der Waals surface area contributed by atoms with Gasteiger partial charge in [0.15, 0.2) is 0 Å². The molecule has 0 unspecified atom stereocenters. The summed E-state index contributed by atoms with van der Waals surface area (Å²) < 4.78 is 13.8. The van der Waals surface area contributed by atoms with Gasteiger partial charge < -0.3 is 4.90 Å². The molecular formula is C24H24FNO. The molecule has 3 heteroatoms. The Hall–Kier alpha value is -2.94. The van der Waals surface area contributed by atoms with Gasteiger partial charge in [0.1, 0.15) is 5.82 Å². The number of benzene rings is 3. The number of nitrogens with zero attached hydrogens (tertiary/aromatic N) is 1. The van der Waals surface area contributed by atoms with Crippen molar-refractivity contribution < 1.29 is 9.18 Å². The highest BCUT2D eigenvalue weighted by molar-refractivity contribution is 5.93. The zero-order valence-corrected chi connectivity index (χ0v) is 15.6. The van der Waals surface area contributed by atoms with Gasteiger partial charge in [-0.05, 0) is 41.3 Å². The van der Waals surface area contributed by atoms with Crippen molar-refractivity contribution in [2.24, 2.45) is 0 Å². The van der Waals surface area contributed by atoms with Gasteiger partial charge in [0.25, 0.3) is 0 Å². The van der Waals surface area contributed by atoms with Crippen molar-refractivity contribution in [1.82, 2.24) is 0 Å². The van der Waals surface area contributed by atoms with Crippen LogP contribution < -0.4 is 4.90 Å². The van der Waals surface area contributed by atoms with Crippen molar-refractivity contribution >= 4 is 11.6 Å². The Kier molecular flexibility index (Phi) is 6.37. The fraction of sp³-hybridized carbons (Fsp3) is 0.208. The predicted molar refractivity (Wildman–Crippen MR) is 109 cm³/mol. The van der Waals surface area contributed by atoms with Crippen LogP contribution in [0.5, 0.6) is 0 Å². The summed E-state index contributed by atoms with van der Waals surface area (Å²) in [5.74, 6) is -0.317. The number of amides is 1. The molecule has 138 valence electrons. The number of hydrogen-bond acceptors (Lipinski definition) is 1. The molecule has 2 nitrogen and oxygen atoms in total. The molecule has 0 radical (unpaired) electrons. The lowest BCUT2D eigenvalue weighted by Gasteiger charge is -2.24. The van der Waals surface area contributed by atoms with E-state index in [1.54, 1.807) is 17.0 Å². The summed E-state index contributed by atoms with van der Waals surface area (Å²) in [6, 6.07) is 24.4. The van der Waals surface area contributed by atoms with Crippen LogP contribution in [0.1, 0.15) is 31.7 Å². The molecule has 0 heterocycles. The number of carbonyl (C=O) groups excluding carboxylic acids is 1. The van der Waals surface area contributed by atoms with E-state index in [2.05, 4.69) is 25.1 Å². The van der Waals surface area contributed by atoms with E-state index in [-0.39, 0.29) is 11.7 Å². The smallest absolute Gasteiger partial charge is 0.227 e. The maximum absolute atomic E-state index is 13.8. The highest BCUT2D eigenvalue weighted by Crippen LogP contribution is 2.27. The highest BCUT2D eigenvalue weighted by Gasteiger charge is 2.18. The van der Waals surface area contributed by atoms with E-state index in [9.17, 15) is 9.18 Å². The van der Waals surface area contributed by atoms with Gasteiger partial charge in [-0.2, -0.15) is 0 Å². The van der Waals surface area contributed by atoms with Gasteiger partial charge >= 0.3 is 0 Å². The van der Waals surface area contributed by atoms with Gasteiger partial charge in [0.2, 0.25) is 5.91 Å². The number of anilines is 1. The summed E-state index contributed by atoms with van der Waals surface area (Å²) >= 11 is 0. The van der Waals surface area contributed by atoms with E-state index in [1.165, 1.54) is 12.1 Å². The van der Waals surface area contributed by atoms with Gasteiger partial charge in [0.05, 0.1) is 6.54 Å². The van der Waals surface area contributed by atoms with Crippen LogP contribution >= 0.6 is 0 Å². The minimum absolute atomic E-state index is 0.0188. The average molecular weight is 361 g/mol. The summed E-state index contributed by atoms with van der Waals surface area (Å²) in [5, 5.41) is 0. The standard InChI is InChI=1S/C24H24FNO/c1-2-3-16-24(27)26(22-14-9-13-21(25)17-22)18-20-12-7-8-15-23(20)19-10-5-4-6-11-19/h4-15,17H,2-3,16,18H2,1H3. The number of carbonyl (C=O) groups is 1. The Balaban J connectivity index is 1.96. The van der Waals surface area contributed by atoms with Crippen molar-refractivity contribution in [3.63, 3.8) is 0 Å². The molecule has 0 N–H and O–H groups in total. The van der Waals surface area contributed by atoms with Crippen molar-refractivity contribution in [3.8, 4) is 11.1 Å². The molecule has 0 aromatic heterocycles. The van der Waals surface area contributed by atoms with Crippen molar-refractivity contribution in [3.05, 3.63) is 90.2 Å². The van der Waals surface area contributed by atoms with Gasteiger partial charge in [0, 0.05) is 12.1 Å². The van der Waals surface area contributed by atoms with Crippen LogP contribution in [0, 0.1) is 5.82 Å². The summed E-state index contributed by atoms with van der Waals surface area (Å²) in [5.41, 5.74) is 3.83. The third-order valence-electron chi connectivity index (χ3n) is 4.60. The molecule has 0 fully saturated rings. The van der Waals surface area contributed by atoms with Gasteiger partial charge in [-0.3, -0.25) is 4.79 Å². The Labute approximate surface area is 160 Å². The predicted octanol–water partition coefficient (Wildman–Crippen LogP) is 6.22. The first-order valence-electron chi connectivity index (χ1n) is 9.38. The lowest BCUT2D eigenvalue weighted by Crippen LogP contribution is -2.30. The Morgan fingerprint density at radius 2 is 1.67 bits per heavy atom. The highest BCUT2D eigenvalue weighted by atomic mass is 19.1. The van der Waals surface area contributed by atoms with E-state index in [4.69, 9.17) is 0 Å². The Bertz CT molecular complexity index is 892. The molecule has 0 bridgehead atoms. The lowest BCUT2D eigenvalue weighted by atomic mass is 9.99. The number of unbranched alkanes of at least 4 members (excludes halogenated alkanes) is 1. The van der Waals surface area contributed by atoms with Crippen LogP contribution in [0.25, 0.3) is 11.1 Å². The quantitative estimate of drug-likeness (QED) is 0.489. The van der Waals surface area contributed by atoms with E-state index in [1.807, 2.05) is 36.4 Å². The maximum atomic E-state index is 13.8. The molecule has 1 amide bonds. The first-order chi connectivity index (χ1) is 13.2. The lowest BCUT2D eigenvalue weighted by molar-refractivity contribution is -0.118. The SMILES string of the molecule is CCCCC(=O)N(Cc1ccccc1-c1ccccc1)c1cccc(F)c1. The normalized spacial score (nSPS) is 10.6. The van der Waals surface area contributed by atoms with Gasteiger partial charge in [-0.25, -0.2) is 4.39 Å². The third-order valence-corrected chi connectivity index (χ3v) is 4.60. The monoisotopic (exact) mass is 361 g/mol. The second kappa shape index (κ2) is 9.13. The van der Waals surface area contributed by atoms with Crippen LogP contribution in [0.2, 0.25) is 0 Å². The fourth-order valence-corrected chi connectivity index (χ4v) is 3.16. The van der Waals surface area contributed by atoms with Crippen LogP contribution in [0.3, 0.4) is 0 Å². The molecule has 3 aromatic rings. The topological polar surface area (TPSA) is 20.3 Å². The van der Waals surface area contributed by atoms with Crippen LogP contribution in [-0.2, 0) is 11.3 Å². The van der Waals surface area contributed by atoms with E-state index >= 15 is 0 Å². The Morgan fingerprint density at radius 1 is 0.926 bits per heavy atom. The van der Waals surface area contributed by atoms with Crippen LogP contribution in [-0.4, -0.2) is 5.91 Å². The molecule has 0 saturated heterocycles. The van der Waals surface area contributed by atoms with E-state index < -0.39 is 0 Å². The average Bonchev–Trinajstić information content (AvgIpc) is 2.71. The minimum Gasteiger partial charge on any atom is -0.308 e. The van der Waals surface area contributed by atoms with Crippen molar-refractivity contribution in [2.75, 3.05) is 4.90 Å². The third kappa shape index (κ3) is 4.82. The molecule has 0 atom stereocenters. The van der Waals surface area contributed by atoms with E-state index in [0.717, 1.165) is 29.5 Å². The van der Waals surface area contributed by atoms with Gasteiger partial charge in [-0.1, -0.05) is 74.0 Å². The van der Waals surface area contributed by atoms with Crippen molar-refractivity contribution in [2.45, 2.75) is 32.7 Å². The maximum Gasteiger partial charge on any atom is 0.227 e. The van der Waals surface area contributed by atoms with Gasteiger partial charge in [-0.15, -0.1) is 0 Å². The van der Waals surface area contributed by atoms with Crippen LogP contribution in [0.4, 0.5) is 10.1 Å². The Morgan fingerprint density at radius 3 is 2.41 bits per heavy atom. The molecule has 0 spiro atoms. The second-order valence-electron chi connectivity index (χ2n) is 6.59. The molecule has 0 aliphatic rings. The van der Waals surface area contributed by atoms with E-state index in [0.29, 0.717) is 18.7 Å². The summed E-state index contributed by atoms with van der Waals surface area (Å²) in [6.45, 7) is 2.47. The first-order valence-corrected chi connectivity index (χ1v) is 9.38. The molecular weight excluding hydrogens is 337 g/mol. The zero-order valence-electron chi connectivity index (χ0n) is 15.6. The summed E-state index contributed by atoms with van der Waals surface area (Å²) in [6.07, 6.45) is 2.23. The fourth-order valence-electron chi connectivity index (χ4n) is 3.16. The largest absolute Gasteiger partial charge is 0.308 e. The molecule has 0 saturated carbocycles. The minimum atomic E-state index is -0.336.